The Morgan fingerprint density at radius 1 is 1.33 bits per heavy atom. The lowest BCUT2D eigenvalue weighted by Crippen LogP contribution is -2.35. The van der Waals surface area contributed by atoms with Gasteiger partial charge in [0, 0.05) is 30.8 Å². The molecular formula is C11H24N2OS. The minimum Gasteiger partial charge on any atom is -0.354 e. The Bertz CT molecular complexity index is 174. The Labute approximate surface area is 97.8 Å². The normalized spacial score (nSPS) is 12.9. The fourth-order valence-corrected chi connectivity index (χ4v) is 1.89. The molecule has 4 heteroatoms. The van der Waals surface area contributed by atoms with E-state index in [0.717, 1.165) is 18.1 Å². The molecule has 0 aliphatic carbocycles. The first-order valence-electron chi connectivity index (χ1n) is 5.66. The third kappa shape index (κ3) is 10.1. The summed E-state index contributed by atoms with van der Waals surface area (Å²) in [6, 6.07) is 0.729. The number of nitrogens with one attached hydrogen (secondary N) is 2. The monoisotopic (exact) mass is 232 g/mol. The zero-order chi connectivity index (χ0) is 11.7. The van der Waals surface area contributed by atoms with Gasteiger partial charge in [-0.25, -0.2) is 0 Å². The minimum atomic E-state index is 0.132. The molecule has 0 aromatic carbocycles. The van der Waals surface area contributed by atoms with Crippen molar-refractivity contribution in [3.05, 3.63) is 0 Å². The SMILES string of the molecule is CCSCC(C)NCCC(=O)NC(C)C. The molecule has 90 valence electrons. The highest BCUT2D eigenvalue weighted by atomic mass is 32.2. The van der Waals surface area contributed by atoms with Crippen molar-refractivity contribution in [2.45, 2.75) is 46.2 Å². The van der Waals surface area contributed by atoms with Crippen molar-refractivity contribution in [3.8, 4) is 0 Å². The van der Waals surface area contributed by atoms with Crippen LogP contribution in [0.25, 0.3) is 0 Å². The van der Waals surface area contributed by atoms with Gasteiger partial charge in [-0.3, -0.25) is 4.79 Å². The Morgan fingerprint density at radius 2 is 2.00 bits per heavy atom. The Hall–Kier alpha value is -0.220. The smallest absolute Gasteiger partial charge is 0.221 e. The van der Waals surface area contributed by atoms with Crippen LogP contribution in [0, 0.1) is 0 Å². The number of hydrogen-bond acceptors (Lipinski definition) is 3. The number of carbonyl (C=O) groups excluding carboxylic acids is 1. The summed E-state index contributed by atoms with van der Waals surface area (Å²) in [5, 5.41) is 6.22. The maximum atomic E-state index is 11.3. The van der Waals surface area contributed by atoms with Gasteiger partial charge < -0.3 is 10.6 Å². The van der Waals surface area contributed by atoms with Crippen molar-refractivity contribution >= 4 is 17.7 Å². The van der Waals surface area contributed by atoms with Crippen molar-refractivity contribution in [2.75, 3.05) is 18.1 Å². The van der Waals surface area contributed by atoms with E-state index in [1.807, 2.05) is 25.6 Å². The number of rotatable bonds is 8. The zero-order valence-electron chi connectivity index (χ0n) is 10.3. The van der Waals surface area contributed by atoms with Crippen molar-refractivity contribution in [1.29, 1.82) is 0 Å². The van der Waals surface area contributed by atoms with Crippen LogP contribution in [-0.4, -0.2) is 36.0 Å². The van der Waals surface area contributed by atoms with Crippen LogP contribution >= 0.6 is 11.8 Å². The molecular weight excluding hydrogens is 208 g/mol. The van der Waals surface area contributed by atoms with Crippen molar-refractivity contribution in [2.24, 2.45) is 0 Å². The molecule has 0 spiro atoms. The standard InChI is InChI=1S/C11H24N2OS/c1-5-15-8-10(4)12-7-6-11(14)13-9(2)3/h9-10,12H,5-8H2,1-4H3,(H,13,14). The van der Waals surface area contributed by atoms with Gasteiger partial charge in [0.05, 0.1) is 0 Å². The molecule has 1 unspecified atom stereocenters. The molecule has 0 aromatic heterocycles. The second kappa shape index (κ2) is 9.04. The van der Waals surface area contributed by atoms with Crippen LogP contribution in [-0.2, 0) is 4.79 Å². The lowest BCUT2D eigenvalue weighted by molar-refractivity contribution is -0.121. The second-order valence-corrected chi connectivity index (χ2v) is 5.31. The van der Waals surface area contributed by atoms with Crippen molar-refractivity contribution in [3.63, 3.8) is 0 Å². The van der Waals surface area contributed by atoms with Gasteiger partial charge in [0.15, 0.2) is 0 Å². The minimum absolute atomic E-state index is 0.132. The van der Waals surface area contributed by atoms with Crippen LogP contribution in [0.1, 0.15) is 34.1 Å². The maximum Gasteiger partial charge on any atom is 0.221 e. The van der Waals surface area contributed by atoms with Crippen LogP contribution in [0.15, 0.2) is 0 Å². The molecule has 0 aliphatic rings. The summed E-state index contributed by atoms with van der Waals surface area (Å²) < 4.78 is 0. The molecule has 0 rings (SSSR count). The first-order valence-corrected chi connectivity index (χ1v) is 6.82. The summed E-state index contributed by atoms with van der Waals surface area (Å²) >= 11 is 1.92. The van der Waals surface area contributed by atoms with E-state index in [2.05, 4.69) is 24.5 Å². The fourth-order valence-electron chi connectivity index (χ4n) is 1.18. The first-order chi connectivity index (χ1) is 7.06. The molecule has 0 bridgehead atoms. The molecule has 1 amide bonds. The molecule has 0 heterocycles. The van der Waals surface area contributed by atoms with E-state index in [0.29, 0.717) is 12.5 Å². The first kappa shape index (κ1) is 14.8. The van der Waals surface area contributed by atoms with Gasteiger partial charge in [-0.05, 0) is 26.5 Å². The van der Waals surface area contributed by atoms with Crippen molar-refractivity contribution in [1.82, 2.24) is 10.6 Å². The largest absolute Gasteiger partial charge is 0.354 e. The summed E-state index contributed by atoms with van der Waals surface area (Å²) in [7, 11) is 0. The van der Waals surface area contributed by atoms with E-state index in [-0.39, 0.29) is 11.9 Å². The summed E-state index contributed by atoms with van der Waals surface area (Å²) in [4.78, 5) is 11.3. The number of carbonyl (C=O) groups is 1. The average Bonchev–Trinajstić information content (AvgIpc) is 2.13. The van der Waals surface area contributed by atoms with Crippen LogP contribution < -0.4 is 10.6 Å². The van der Waals surface area contributed by atoms with Gasteiger partial charge in [0.2, 0.25) is 5.91 Å². The van der Waals surface area contributed by atoms with Gasteiger partial charge in [-0.2, -0.15) is 11.8 Å². The predicted octanol–water partition coefficient (Wildman–Crippen LogP) is 1.63. The Kier molecular flexibility index (Phi) is 8.91. The summed E-state index contributed by atoms with van der Waals surface area (Å²) in [6.07, 6.45) is 0.569. The maximum absolute atomic E-state index is 11.3. The third-order valence-electron chi connectivity index (χ3n) is 1.87. The zero-order valence-corrected chi connectivity index (χ0v) is 11.1. The van der Waals surface area contributed by atoms with Gasteiger partial charge in [0.25, 0.3) is 0 Å². The molecule has 0 radical (unpaired) electrons. The second-order valence-electron chi connectivity index (χ2n) is 3.99. The van der Waals surface area contributed by atoms with E-state index in [1.165, 1.54) is 0 Å². The number of amides is 1. The topological polar surface area (TPSA) is 41.1 Å². The molecule has 2 N–H and O–H groups in total. The molecule has 3 nitrogen and oxygen atoms in total. The molecule has 0 aromatic rings. The van der Waals surface area contributed by atoms with Crippen LogP contribution in [0.2, 0.25) is 0 Å². The summed E-state index contributed by atoms with van der Waals surface area (Å²) in [5.74, 6) is 2.40. The van der Waals surface area contributed by atoms with E-state index >= 15 is 0 Å². The highest BCUT2D eigenvalue weighted by Gasteiger charge is 2.04. The fraction of sp³-hybridized carbons (Fsp3) is 0.909. The number of hydrogen-bond donors (Lipinski definition) is 2. The van der Waals surface area contributed by atoms with E-state index < -0.39 is 0 Å². The van der Waals surface area contributed by atoms with Gasteiger partial charge >= 0.3 is 0 Å². The highest BCUT2D eigenvalue weighted by molar-refractivity contribution is 7.99. The van der Waals surface area contributed by atoms with Gasteiger partial charge in [-0.15, -0.1) is 0 Å². The Balaban J connectivity index is 3.40. The van der Waals surface area contributed by atoms with Crippen LogP contribution in [0.3, 0.4) is 0 Å². The Morgan fingerprint density at radius 3 is 2.53 bits per heavy atom. The lowest BCUT2D eigenvalue weighted by Gasteiger charge is -2.13. The molecule has 0 saturated carbocycles. The van der Waals surface area contributed by atoms with Crippen molar-refractivity contribution < 1.29 is 4.79 Å². The lowest BCUT2D eigenvalue weighted by atomic mass is 10.3. The summed E-state index contributed by atoms with van der Waals surface area (Å²) in [6.45, 7) is 9.04. The van der Waals surface area contributed by atoms with E-state index in [4.69, 9.17) is 0 Å². The summed E-state index contributed by atoms with van der Waals surface area (Å²) in [5.41, 5.74) is 0. The predicted molar refractivity (Wildman–Crippen MR) is 68.4 cm³/mol. The van der Waals surface area contributed by atoms with E-state index in [9.17, 15) is 4.79 Å². The van der Waals surface area contributed by atoms with Crippen LogP contribution in [0.5, 0.6) is 0 Å². The highest BCUT2D eigenvalue weighted by Crippen LogP contribution is 2.00. The quantitative estimate of drug-likeness (QED) is 0.668. The molecule has 0 aliphatic heterocycles. The molecule has 0 saturated heterocycles. The third-order valence-corrected chi connectivity index (χ3v) is 3.01. The van der Waals surface area contributed by atoms with Gasteiger partial charge in [-0.1, -0.05) is 6.92 Å². The molecule has 15 heavy (non-hydrogen) atoms. The molecule has 0 fully saturated rings. The molecule has 1 atom stereocenters. The number of thioether (sulfide) groups is 1. The average molecular weight is 232 g/mol. The van der Waals surface area contributed by atoms with E-state index in [1.54, 1.807) is 0 Å². The van der Waals surface area contributed by atoms with Crippen LogP contribution in [0.4, 0.5) is 0 Å². The van der Waals surface area contributed by atoms with Gasteiger partial charge in [0.1, 0.15) is 0 Å².